The van der Waals surface area contributed by atoms with E-state index in [0.29, 0.717) is 22.9 Å². The second kappa shape index (κ2) is 5.79. The molecule has 3 nitrogen and oxygen atoms in total. The third-order valence-electron chi connectivity index (χ3n) is 3.71. The number of halogens is 1. The third-order valence-corrected chi connectivity index (χ3v) is 6.17. The Kier molecular flexibility index (Phi) is 4.02. The molecule has 110 valence electrons. The zero-order valence-corrected chi connectivity index (χ0v) is 12.8. The predicted octanol–water partition coefficient (Wildman–Crippen LogP) is 3.64. The summed E-state index contributed by atoms with van der Waals surface area (Å²) >= 11 is 5.88. The van der Waals surface area contributed by atoms with Crippen molar-refractivity contribution in [3.63, 3.8) is 0 Å². The lowest BCUT2D eigenvalue weighted by Gasteiger charge is -2.19. The Bertz CT molecular complexity index is 711. The number of benzene rings is 2. The molecule has 0 saturated carbocycles. The molecular weight excluding hydrogens is 308 g/mol. The minimum atomic E-state index is -3.40. The van der Waals surface area contributed by atoms with Crippen molar-refractivity contribution in [1.82, 2.24) is 0 Å². The van der Waals surface area contributed by atoms with Gasteiger partial charge in [-0.3, -0.25) is 0 Å². The van der Waals surface area contributed by atoms with Gasteiger partial charge in [0.15, 0.2) is 9.84 Å². The van der Waals surface area contributed by atoms with Gasteiger partial charge in [-0.05, 0) is 36.2 Å². The average Bonchev–Trinajstić information content (AvgIpc) is 2.99. The highest BCUT2D eigenvalue weighted by Crippen LogP contribution is 2.37. The molecule has 1 aliphatic heterocycles. The average molecular weight is 323 g/mol. The van der Waals surface area contributed by atoms with Crippen molar-refractivity contribution < 1.29 is 13.2 Å². The molecule has 0 unspecified atom stereocenters. The number of ether oxygens (including phenoxy) is 1. The Hall–Kier alpha value is -1.36. The number of hydrogen-bond donors (Lipinski definition) is 0. The highest BCUT2D eigenvalue weighted by molar-refractivity contribution is 7.92. The molecule has 0 spiro atoms. The van der Waals surface area contributed by atoms with E-state index in [4.69, 9.17) is 16.3 Å². The van der Waals surface area contributed by atoms with E-state index in [9.17, 15) is 8.42 Å². The molecule has 1 fully saturated rings. The monoisotopic (exact) mass is 322 g/mol. The predicted molar refractivity (Wildman–Crippen MR) is 82.2 cm³/mol. The number of rotatable bonds is 3. The maximum atomic E-state index is 12.8. The van der Waals surface area contributed by atoms with Gasteiger partial charge in [-0.15, -0.1) is 0 Å². The Labute approximate surface area is 129 Å². The van der Waals surface area contributed by atoms with Crippen molar-refractivity contribution in [3.05, 3.63) is 65.2 Å². The van der Waals surface area contributed by atoms with Crippen LogP contribution in [0.4, 0.5) is 0 Å². The van der Waals surface area contributed by atoms with Crippen molar-refractivity contribution in [2.75, 3.05) is 6.61 Å². The first kappa shape index (κ1) is 14.6. The summed E-state index contributed by atoms with van der Waals surface area (Å²) in [5.74, 6) is 0. The van der Waals surface area contributed by atoms with Crippen LogP contribution in [-0.2, 0) is 14.6 Å². The van der Waals surface area contributed by atoms with E-state index in [0.717, 1.165) is 5.56 Å². The molecule has 0 radical (unpaired) electrons. The van der Waals surface area contributed by atoms with Crippen LogP contribution >= 0.6 is 11.6 Å². The van der Waals surface area contributed by atoms with Crippen LogP contribution in [0.1, 0.15) is 18.1 Å². The molecular formula is C16H15ClO3S. The summed E-state index contributed by atoms with van der Waals surface area (Å²) in [6.07, 6.45) is 0.0670. The van der Waals surface area contributed by atoms with E-state index in [2.05, 4.69) is 0 Å². The highest BCUT2D eigenvalue weighted by atomic mass is 35.5. The molecule has 1 heterocycles. The van der Waals surface area contributed by atoms with Gasteiger partial charge in [0, 0.05) is 11.6 Å². The minimum absolute atomic E-state index is 0.347. The fraction of sp³-hybridized carbons (Fsp3) is 0.250. The van der Waals surface area contributed by atoms with Crippen LogP contribution in [0.15, 0.2) is 59.5 Å². The molecule has 3 rings (SSSR count). The summed E-state index contributed by atoms with van der Waals surface area (Å²) in [7, 11) is -3.40. The zero-order chi connectivity index (χ0) is 14.9. The summed E-state index contributed by atoms with van der Waals surface area (Å²) in [6.45, 7) is 0.448. The maximum Gasteiger partial charge on any atom is 0.184 e. The van der Waals surface area contributed by atoms with Crippen LogP contribution in [-0.4, -0.2) is 20.3 Å². The summed E-state index contributed by atoms with van der Waals surface area (Å²) in [5.41, 5.74) is 0.849. The standard InChI is InChI=1S/C16H15ClO3S/c17-13-8-6-12(7-9-13)16-15(10-11-20-16)21(18,19)14-4-2-1-3-5-14/h1-9,15-16H,10-11H2/t15-,16+/m1/s1. The van der Waals surface area contributed by atoms with Gasteiger partial charge in [-0.2, -0.15) is 0 Å². The second-order valence-corrected chi connectivity index (χ2v) is 7.63. The molecule has 0 amide bonds. The van der Waals surface area contributed by atoms with Crippen molar-refractivity contribution >= 4 is 21.4 Å². The highest BCUT2D eigenvalue weighted by Gasteiger charge is 2.40. The Balaban J connectivity index is 1.96. The topological polar surface area (TPSA) is 43.4 Å². The lowest BCUT2D eigenvalue weighted by Crippen LogP contribution is -2.24. The first-order valence-electron chi connectivity index (χ1n) is 6.75. The van der Waals surface area contributed by atoms with E-state index in [-0.39, 0.29) is 0 Å². The smallest absolute Gasteiger partial charge is 0.184 e. The molecule has 21 heavy (non-hydrogen) atoms. The lowest BCUT2D eigenvalue weighted by molar-refractivity contribution is 0.113. The molecule has 1 saturated heterocycles. The molecule has 0 bridgehead atoms. The minimum Gasteiger partial charge on any atom is -0.372 e. The van der Waals surface area contributed by atoms with E-state index in [1.54, 1.807) is 42.5 Å². The van der Waals surface area contributed by atoms with Crippen LogP contribution in [0.25, 0.3) is 0 Å². The van der Waals surface area contributed by atoms with Crippen molar-refractivity contribution in [1.29, 1.82) is 0 Å². The SMILES string of the molecule is O=S(=O)(c1ccccc1)[C@@H]1CCO[C@H]1c1ccc(Cl)cc1. The third kappa shape index (κ3) is 2.84. The Morgan fingerprint density at radius 2 is 1.67 bits per heavy atom. The van der Waals surface area contributed by atoms with E-state index < -0.39 is 21.2 Å². The van der Waals surface area contributed by atoms with Crippen LogP contribution in [0, 0.1) is 0 Å². The summed E-state index contributed by atoms with van der Waals surface area (Å²) in [6, 6.07) is 15.7. The maximum absolute atomic E-state index is 12.8. The van der Waals surface area contributed by atoms with Gasteiger partial charge in [-0.25, -0.2) is 8.42 Å². The van der Waals surface area contributed by atoms with Gasteiger partial charge in [-0.1, -0.05) is 41.9 Å². The van der Waals surface area contributed by atoms with Crippen LogP contribution in [0.3, 0.4) is 0 Å². The van der Waals surface area contributed by atoms with Gasteiger partial charge in [0.25, 0.3) is 0 Å². The number of hydrogen-bond acceptors (Lipinski definition) is 3. The molecule has 2 atom stereocenters. The van der Waals surface area contributed by atoms with Gasteiger partial charge in [0.05, 0.1) is 16.2 Å². The number of sulfone groups is 1. The van der Waals surface area contributed by atoms with E-state index in [1.807, 2.05) is 12.1 Å². The lowest BCUT2D eigenvalue weighted by atomic mass is 10.1. The van der Waals surface area contributed by atoms with Crippen molar-refractivity contribution in [3.8, 4) is 0 Å². The van der Waals surface area contributed by atoms with Crippen molar-refractivity contribution in [2.45, 2.75) is 22.7 Å². The Morgan fingerprint density at radius 3 is 2.33 bits per heavy atom. The quantitative estimate of drug-likeness (QED) is 0.866. The molecule has 0 aromatic heterocycles. The first-order valence-corrected chi connectivity index (χ1v) is 8.67. The first-order chi connectivity index (χ1) is 10.1. The fourth-order valence-electron chi connectivity index (χ4n) is 2.64. The second-order valence-electron chi connectivity index (χ2n) is 5.03. The summed E-state index contributed by atoms with van der Waals surface area (Å²) in [4.78, 5) is 0.347. The van der Waals surface area contributed by atoms with E-state index >= 15 is 0 Å². The van der Waals surface area contributed by atoms with Gasteiger partial charge >= 0.3 is 0 Å². The fourth-order valence-corrected chi connectivity index (χ4v) is 4.62. The van der Waals surface area contributed by atoms with Crippen LogP contribution in [0.2, 0.25) is 5.02 Å². The molecule has 5 heteroatoms. The van der Waals surface area contributed by atoms with Crippen LogP contribution in [0.5, 0.6) is 0 Å². The Morgan fingerprint density at radius 1 is 1.00 bits per heavy atom. The summed E-state index contributed by atoms with van der Waals surface area (Å²) < 4.78 is 31.2. The largest absolute Gasteiger partial charge is 0.372 e. The molecule has 0 aliphatic carbocycles. The van der Waals surface area contributed by atoms with Gasteiger partial charge < -0.3 is 4.74 Å². The van der Waals surface area contributed by atoms with Gasteiger partial charge in [0.2, 0.25) is 0 Å². The molecule has 2 aromatic carbocycles. The van der Waals surface area contributed by atoms with E-state index in [1.165, 1.54) is 0 Å². The molecule has 0 N–H and O–H groups in total. The normalized spacial score (nSPS) is 22.3. The molecule has 2 aromatic rings. The van der Waals surface area contributed by atoms with Gasteiger partial charge in [0.1, 0.15) is 0 Å². The van der Waals surface area contributed by atoms with Crippen molar-refractivity contribution in [2.24, 2.45) is 0 Å². The summed E-state index contributed by atoms with van der Waals surface area (Å²) in [5, 5.41) is 0.0697. The van der Waals surface area contributed by atoms with Crippen LogP contribution < -0.4 is 0 Å². The molecule has 1 aliphatic rings. The zero-order valence-electron chi connectivity index (χ0n) is 11.3.